The van der Waals surface area contributed by atoms with Crippen molar-refractivity contribution in [2.45, 2.75) is 32.1 Å². The second-order valence-corrected chi connectivity index (χ2v) is 5.55. The molecule has 1 aliphatic heterocycles. The van der Waals surface area contributed by atoms with Crippen LogP contribution in [-0.2, 0) is 12.3 Å². The first-order valence-corrected chi connectivity index (χ1v) is 7.75. The van der Waals surface area contributed by atoms with Gasteiger partial charge in [-0.05, 0) is 50.0 Å². The summed E-state index contributed by atoms with van der Waals surface area (Å²) in [5, 5.41) is 0. The number of likely N-dealkylation sites (N-methyl/N-ethyl adjacent to an activating group) is 1. The summed E-state index contributed by atoms with van der Waals surface area (Å²) in [5.74, 6) is 1.61. The molecule has 0 bridgehead atoms. The van der Waals surface area contributed by atoms with E-state index in [4.69, 9.17) is 16.6 Å². The topological polar surface area (TPSA) is 19.4 Å². The van der Waals surface area contributed by atoms with Crippen LogP contribution < -0.4 is 4.90 Å². The van der Waals surface area contributed by atoms with Crippen LogP contribution in [0.1, 0.15) is 31.0 Å². The minimum absolute atomic E-state index is 0.558. The molecule has 19 heavy (non-hydrogen) atoms. The molecular weight excluding hydrogens is 258 g/mol. The number of hydrogen-bond donors (Lipinski definition) is 0. The minimum Gasteiger partial charge on any atom is -0.358 e. The summed E-state index contributed by atoms with van der Waals surface area (Å²) in [7, 11) is 2.12. The van der Waals surface area contributed by atoms with E-state index in [2.05, 4.69) is 35.9 Å². The molecule has 0 unspecified atom stereocenters. The average Bonchev–Trinajstić information content (AvgIpc) is 2.97. The maximum Gasteiger partial charge on any atom is 0.128 e. The van der Waals surface area contributed by atoms with Crippen LogP contribution in [0, 0.1) is 0 Å². The molecule has 0 radical (unpaired) electrons. The van der Waals surface area contributed by atoms with Gasteiger partial charge in [0.05, 0.1) is 0 Å². The molecule has 4 heteroatoms. The maximum atomic E-state index is 5.96. The quantitative estimate of drug-likeness (QED) is 0.748. The Hall–Kier alpha value is -0.800. The van der Waals surface area contributed by atoms with E-state index in [1.807, 2.05) is 0 Å². The lowest BCUT2D eigenvalue weighted by Crippen LogP contribution is -2.31. The third kappa shape index (κ3) is 4.08. The molecule has 0 amide bonds. The maximum absolute atomic E-state index is 5.96. The van der Waals surface area contributed by atoms with Crippen molar-refractivity contribution < 1.29 is 0 Å². The summed E-state index contributed by atoms with van der Waals surface area (Å²) in [6.07, 6.45) is 3.66. The molecule has 2 heterocycles. The zero-order valence-electron chi connectivity index (χ0n) is 12.0. The molecule has 1 aromatic rings. The van der Waals surface area contributed by atoms with Crippen molar-refractivity contribution in [3.05, 3.63) is 23.4 Å². The van der Waals surface area contributed by atoms with Gasteiger partial charge in [0.15, 0.2) is 0 Å². The third-order valence-corrected chi connectivity index (χ3v) is 4.09. The number of rotatable bonds is 6. The molecule has 0 aliphatic carbocycles. The van der Waals surface area contributed by atoms with E-state index in [1.54, 1.807) is 0 Å². The van der Waals surface area contributed by atoms with Crippen LogP contribution >= 0.6 is 11.6 Å². The lowest BCUT2D eigenvalue weighted by Gasteiger charge is -2.23. The Bertz CT molecular complexity index is 380. The predicted octanol–water partition coefficient (Wildman–Crippen LogP) is 2.91. The van der Waals surface area contributed by atoms with Crippen molar-refractivity contribution in [2.24, 2.45) is 0 Å². The normalized spacial score (nSPS) is 15.9. The van der Waals surface area contributed by atoms with Gasteiger partial charge in [0.25, 0.3) is 0 Å². The molecule has 0 saturated carbocycles. The first kappa shape index (κ1) is 14.6. The van der Waals surface area contributed by atoms with Gasteiger partial charge in [-0.3, -0.25) is 0 Å². The van der Waals surface area contributed by atoms with Crippen molar-refractivity contribution in [3.8, 4) is 0 Å². The van der Waals surface area contributed by atoms with E-state index in [9.17, 15) is 0 Å². The van der Waals surface area contributed by atoms with Gasteiger partial charge in [0.2, 0.25) is 0 Å². The van der Waals surface area contributed by atoms with Gasteiger partial charge in [-0.15, -0.1) is 11.6 Å². The number of halogens is 1. The average molecular weight is 282 g/mol. The van der Waals surface area contributed by atoms with Gasteiger partial charge in [0.1, 0.15) is 5.82 Å². The smallest absolute Gasteiger partial charge is 0.128 e. The van der Waals surface area contributed by atoms with E-state index in [0.717, 1.165) is 36.6 Å². The number of likely N-dealkylation sites (tertiary alicyclic amines) is 1. The fourth-order valence-electron chi connectivity index (χ4n) is 2.50. The fourth-order valence-corrected chi connectivity index (χ4v) is 2.65. The van der Waals surface area contributed by atoms with Crippen molar-refractivity contribution >= 4 is 17.4 Å². The van der Waals surface area contributed by atoms with Gasteiger partial charge in [-0.25, -0.2) is 4.98 Å². The van der Waals surface area contributed by atoms with Crippen LogP contribution in [0.3, 0.4) is 0 Å². The lowest BCUT2D eigenvalue weighted by atomic mass is 10.2. The third-order valence-electron chi connectivity index (χ3n) is 3.78. The van der Waals surface area contributed by atoms with Gasteiger partial charge >= 0.3 is 0 Å². The number of pyridine rings is 1. The Labute approximate surface area is 121 Å². The molecule has 0 atom stereocenters. The Morgan fingerprint density at radius 2 is 2.05 bits per heavy atom. The predicted molar refractivity (Wildman–Crippen MR) is 82.1 cm³/mol. The second-order valence-electron chi connectivity index (χ2n) is 5.28. The van der Waals surface area contributed by atoms with E-state index < -0.39 is 0 Å². The van der Waals surface area contributed by atoms with E-state index in [1.165, 1.54) is 25.9 Å². The number of aryl methyl sites for hydroxylation is 1. The van der Waals surface area contributed by atoms with Gasteiger partial charge < -0.3 is 9.80 Å². The Balaban J connectivity index is 1.98. The highest BCUT2D eigenvalue weighted by atomic mass is 35.5. The second kappa shape index (κ2) is 7.11. The molecule has 1 aromatic heterocycles. The zero-order valence-corrected chi connectivity index (χ0v) is 12.8. The van der Waals surface area contributed by atoms with Crippen LogP contribution in [0.5, 0.6) is 0 Å². The summed E-state index contributed by atoms with van der Waals surface area (Å²) in [6, 6.07) is 4.21. The standard InChI is InChI=1S/C15H24ClN3/c1-3-14-10-13(12-16)11-15(17-14)18(2)8-9-19-6-4-5-7-19/h10-11H,3-9,12H2,1-2H3. The molecule has 0 N–H and O–H groups in total. The van der Waals surface area contributed by atoms with Crippen molar-refractivity contribution in [1.82, 2.24) is 9.88 Å². The molecule has 1 saturated heterocycles. The van der Waals surface area contributed by atoms with E-state index in [0.29, 0.717) is 5.88 Å². The summed E-state index contributed by atoms with van der Waals surface area (Å²) in [4.78, 5) is 9.47. The Morgan fingerprint density at radius 1 is 1.32 bits per heavy atom. The molecule has 106 valence electrons. The number of nitrogens with zero attached hydrogens (tertiary/aromatic N) is 3. The molecule has 0 spiro atoms. The van der Waals surface area contributed by atoms with Crippen LogP contribution in [0.15, 0.2) is 12.1 Å². The van der Waals surface area contributed by atoms with Gasteiger partial charge in [-0.2, -0.15) is 0 Å². The first-order valence-electron chi connectivity index (χ1n) is 7.22. The monoisotopic (exact) mass is 281 g/mol. The number of alkyl halides is 1. The molecular formula is C15H24ClN3. The highest BCUT2D eigenvalue weighted by Crippen LogP contribution is 2.16. The number of aromatic nitrogens is 1. The largest absolute Gasteiger partial charge is 0.358 e. The number of anilines is 1. The SMILES string of the molecule is CCc1cc(CCl)cc(N(C)CCN2CCCC2)n1. The molecule has 0 aromatic carbocycles. The Morgan fingerprint density at radius 3 is 2.68 bits per heavy atom. The van der Waals surface area contributed by atoms with Crippen molar-refractivity contribution in [3.63, 3.8) is 0 Å². The van der Waals surface area contributed by atoms with Crippen LogP contribution in [0.4, 0.5) is 5.82 Å². The molecule has 1 fully saturated rings. The highest BCUT2D eigenvalue weighted by Gasteiger charge is 2.13. The fraction of sp³-hybridized carbons (Fsp3) is 0.667. The van der Waals surface area contributed by atoms with Crippen LogP contribution in [-0.4, -0.2) is 43.1 Å². The lowest BCUT2D eigenvalue weighted by molar-refractivity contribution is 0.346. The summed E-state index contributed by atoms with van der Waals surface area (Å²) < 4.78 is 0. The van der Waals surface area contributed by atoms with E-state index >= 15 is 0 Å². The summed E-state index contributed by atoms with van der Waals surface area (Å²) in [5.41, 5.74) is 2.29. The minimum atomic E-state index is 0.558. The van der Waals surface area contributed by atoms with Crippen LogP contribution in [0.2, 0.25) is 0 Å². The zero-order chi connectivity index (χ0) is 13.7. The molecule has 3 nitrogen and oxygen atoms in total. The molecule has 1 aliphatic rings. The number of hydrogen-bond acceptors (Lipinski definition) is 3. The van der Waals surface area contributed by atoms with Crippen molar-refractivity contribution in [2.75, 3.05) is 38.1 Å². The molecule has 2 rings (SSSR count). The first-order chi connectivity index (χ1) is 9.22. The van der Waals surface area contributed by atoms with Crippen LogP contribution in [0.25, 0.3) is 0 Å². The van der Waals surface area contributed by atoms with E-state index in [-0.39, 0.29) is 0 Å². The van der Waals surface area contributed by atoms with Gasteiger partial charge in [0, 0.05) is 31.7 Å². The summed E-state index contributed by atoms with van der Waals surface area (Å²) in [6.45, 7) is 6.80. The summed E-state index contributed by atoms with van der Waals surface area (Å²) >= 11 is 5.96. The Kier molecular flexibility index (Phi) is 5.46. The highest BCUT2D eigenvalue weighted by molar-refractivity contribution is 6.17. The van der Waals surface area contributed by atoms with Crippen molar-refractivity contribution in [1.29, 1.82) is 0 Å². The van der Waals surface area contributed by atoms with Gasteiger partial charge in [-0.1, -0.05) is 6.92 Å².